The summed E-state index contributed by atoms with van der Waals surface area (Å²) in [6.07, 6.45) is 2.48. The molecular formula is C19H18N2O4. The van der Waals surface area contributed by atoms with Gasteiger partial charge < -0.3 is 0 Å². The molecule has 0 aromatic heterocycles. The minimum Gasteiger partial charge on any atom is -0.258 e. The summed E-state index contributed by atoms with van der Waals surface area (Å²) in [4.78, 5) is 21.9. The zero-order valence-corrected chi connectivity index (χ0v) is 14.1. The monoisotopic (exact) mass is 338 g/mol. The zero-order valence-electron chi connectivity index (χ0n) is 14.1. The highest BCUT2D eigenvalue weighted by molar-refractivity contribution is 5.55. The van der Waals surface area contributed by atoms with Crippen LogP contribution in [0.25, 0.3) is 0 Å². The molecule has 0 spiro atoms. The van der Waals surface area contributed by atoms with E-state index in [1.807, 2.05) is 12.1 Å². The van der Waals surface area contributed by atoms with Crippen LogP contribution >= 0.6 is 0 Å². The highest BCUT2D eigenvalue weighted by atomic mass is 16.6. The van der Waals surface area contributed by atoms with E-state index in [1.54, 1.807) is 26.0 Å². The lowest BCUT2D eigenvalue weighted by atomic mass is 9.66. The average Bonchev–Trinajstić information content (AvgIpc) is 2.53. The van der Waals surface area contributed by atoms with Gasteiger partial charge in [0, 0.05) is 23.3 Å². The number of nitrogens with zero attached hydrogens (tertiary/aromatic N) is 2. The SMILES string of the molecule is Cc1cc2c(cc1[N+](=O)[O-])C1Cc3cc(C)c([N+](=O)[O-])cc3C(C2)C1. The third kappa shape index (κ3) is 2.40. The van der Waals surface area contributed by atoms with E-state index >= 15 is 0 Å². The fourth-order valence-corrected chi connectivity index (χ4v) is 4.57. The van der Waals surface area contributed by atoms with E-state index in [9.17, 15) is 20.2 Å². The first kappa shape index (κ1) is 15.7. The van der Waals surface area contributed by atoms with Crippen LogP contribution in [-0.2, 0) is 12.8 Å². The lowest BCUT2D eigenvalue weighted by Gasteiger charge is -2.38. The van der Waals surface area contributed by atoms with Crippen molar-refractivity contribution in [2.24, 2.45) is 0 Å². The molecule has 0 heterocycles. The molecule has 0 aliphatic heterocycles. The molecule has 6 heteroatoms. The van der Waals surface area contributed by atoms with Crippen LogP contribution in [0, 0.1) is 34.1 Å². The minimum atomic E-state index is -0.314. The summed E-state index contributed by atoms with van der Waals surface area (Å²) in [6, 6.07) is 7.35. The van der Waals surface area contributed by atoms with Crippen LogP contribution in [0.1, 0.15) is 51.6 Å². The van der Waals surface area contributed by atoms with Crippen molar-refractivity contribution in [2.75, 3.05) is 0 Å². The van der Waals surface area contributed by atoms with Crippen molar-refractivity contribution < 1.29 is 9.85 Å². The van der Waals surface area contributed by atoms with E-state index in [2.05, 4.69) is 0 Å². The van der Waals surface area contributed by atoms with Gasteiger partial charge in [-0.25, -0.2) is 0 Å². The Morgan fingerprint density at radius 1 is 0.800 bits per heavy atom. The Kier molecular flexibility index (Phi) is 3.39. The van der Waals surface area contributed by atoms with Crippen molar-refractivity contribution in [3.8, 4) is 0 Å². The highest BCUT2D eigenvalue weighted by Crippen LogP contribution is 2.49. The van der Waals surface area contributed by atoms with Gasteiger partial charge >= 0.3 is 0 Å². The van der Waals surface area contributed by atoms with Gasteiger partial charge in [-0.2, -0.15) is 0 Å². The number of hydrogen-bond donors (Lipinski definition) is 0. The maximum absolute atomic E-state index is 11.3. The highest BCUT2D eigenvalue weighted by Gasteiger charge is 2.36. The Morgan fingerprint density at radius 3 is 1.56 bits per heavy atom. The van der Waals surface area contributed by atoms with Crippen LogP contribution in [0.5, 0.6) is 0 Å². The lowest BCUT2D eigenvalue weighted by Crippen LogP contribution is -2.25. The molecule has 2 atom stereocenters. The van der Waals surface area contributed by atoms with E-state index < -0.39 is 0 Å². The molecule has 2 bridgehead atoms. The van der Waals surface area contributed by atoms with Crippen LogP contribution in [0.2, 0.25) is 0 Å². The molecule has 0 saturated heterocycles. The van der Waals surface area contributed by atoms with Crippen molar-refractivity contribution in [3.05, 3.63) is 77.9 Å². The predicted molar refractivity (Wildman–Crippen MR) is 93.2 cm³/mol. The summed E-state index contributed by atoms with van der Waals surface area (Å²) in [5, 5.41) is 22.5. The number of aryl methyl sites for hydroxylation is 2. The number of hydrogen-bond acceptors (Lipinski definition) is 4. The summed E-state index contributed by atoms with van der Waals surface area (Å²) in [5.41, 5.74) is 6.19. The molecule has 2 aliphatic carbocycles. The smallest absolute Gasteiger partial charge is 0.258 e. The van der Waals surface area contributed by atoms with Crippen molar-refractivity contribution in [2.45, 2.75) is 44.9 Å². The van der Waals surface area contributed by atoms with Crippen molar-refractivity contribution in [1.29, 1.82) is 0 Å². The van der Waals surface area contributed by atoms with Crippen molar-refractivity contribution in [3.63, 3.8) is 0 Å². The molecular weight excluding hydrogens is 320 g/mol. The topological polar surface area (TPSA) is 86.3 Å². The van der Waals surface area contributed by atoms with E-state index in [4.69, 9.17) is 0 Å². The van der Waals surface area contributed by atoms with Crippen LogP contribution in [0.4, 0.5) is 11.4 Å². The van der Waals surface area contributed by atoms with Gasteiger partial charge in [-0.05, 0) is 79.3 Å². The summed E-state index contributed by atoms with van der Waals surface area (Å²) < 4.78 is 0. The van der Waals surface area contributed by atoms with E-state index in [0.29, 0.717) is 11.1 Å². The fraction of sp³-hybridized carbons (Fsp3) is 0.368. The molecule has 2 aromatic rings. The molecule has 0 N–H and O–H groups in total. The van der Waals surface area contributed by atoms with Gasteiger partial charge in [0.25, 0.3) is 11.4 Å². The molecule has 2 aliphatic rings. The summed E-state index contributed by atoms with van der Waals surface area (Å²) in [7, 11) is 0. The molecule has 2 aromatic carbocycles. The van der Waals surface area contributed by atoms with Crippen molar-refractivity contribution >= 4 is 11.4 Å². The minimum absolute atomic E-state index is 0.183. The number of rotatable bonds is 2. The Hall–Kier alpha value is -2.76. The summed E-state index contributed by atoms with van der Waals surface area (Å²) in [6.45, 7) is 3.54. The molecule has 0 saturated carbocycles. The molecule has 128 valence electrons. The fourth-order valence-electron chi connectivity index (χ4n) is 4.57. The maximum Gasteiger partial charge on any atom is 0.272 e. The van der Waals surface area contributed by atoms with Gasteiger partial charge in [0.2, 0.25) is 0 Å². The third-order valence-corrected chi connectivity index (χ3v) is 5.69. The Balaban J connectivity index is 1.82. The third-order valence-electron chi connectivity index (χ3n) is 5.69. The van der Waals surface area contributed by atoms with E-state index in [0.717, 1.165) is 41.5 Å². The van der Waals surface area contributed by atoms with E-state index in [1.165, 1.54) is 0 Å². The molecule has 0 amide bonds. The van der Waals surface area contributed by atoms with Gasteiger partial charge in [-0.15, -0.1) is 0 Å². The largest absolute Gasteiger partial charge is 0.272 e. The quantitative estimate of drug-likeness (QED) is 0.596. The number of nitro benzene ring substituents is 2. The number of fused-ring (bicyclic) bond motifs is 6. The van der Waals surface area contributed by atoms with Crippen LogP contribution < -0.4 is 0 Å². The molecule has 0 fully saturated rings. The second-order valence-corrected chi connectivity index (χ2v) is 7.23. The van der Waals surface area contributed by atoms with Gasteiger partial charge in [0.05, 0.1) is 9.85 Å². The maximum atomic E-state index is 11.3. The van der Waals surface area contributed by atoms with Gasteiger partial charge in [-0.1, -0.05) is 0 Å². The standard InChI is InChI=1S/C19H18N2O4/c1-10-3-12-5-14-7-15(16(12)8-18(10)20(22)23)6-13-4-11(2)19(21(24)25)9-17(13)14/h3-4,8-9,14-15H,5-7H2,1-2H3. The van der Waals surface area contributed by atoms with E-state index in [-0.39, 0.29) is 33.1 Å². The second-order valence-electron chi connectivity index (χ2n) is 7.23. The van der Waals surface area contributed by atoms with Gasteiger partial charge in [0.15, 0.2) is 0 Å². The first-order chi connectivity index (χ1) is 11.8. The summed E-state index contributed by atoms with van der Waals surface area (Å²) >= 11 is 0. The normalized spacial score (nSPS) is 20.6. The zero-order chi connectivity index (χ0) is 17.9. The Morgan fingerprint density at radius 2 is 1.20 bits per heavy atom. The first-order valence-corrected chi connectivity index (χ1v) is 8.40. The van der Waals surface area contributed by atoms with Crippen LogP contribution in [-0.4, -0.2) is 9.85 Å². The molecule has 25 heavy (non-hydrogen) atoms. The molecule has 6 nitrogen and oxygen atoms in total. The van der Waals surface area contributed by atoms with Crippen LogP contribution in [0.3, 0.4) is 0 Å². The summed E-state index contributed by atoms with van der Waals surface area (Å²) in [5.74, 6) is 0.503. The number of nitro groups is 2. The second kappa shape index (κ2) is 5.37. The average molecular weight is 338 g/mol. The first-order valence-electron chi connectivity index (χ1n) is 8.40. The van der Waals surface area contributed by atoms with Crippen molar-refractivity contribution in [1.82, 2.24) is 0 Å². The van der Waals surface area contributed by atoms with Gasteiger partial charge in [0.1, 0.15) is 0 Å². The molecule has 2 unspecified atom stereocenters. The van der Waals surface area contributed by atoms with Gasteiger partial charge in [-0.3, -0.25) is 20.2 Å². The molecule has 4 rings (SSSR count). The lowest BCUT2D eigenvalue weighted by molar-refractivity contribution is -0.385. The van der Waals surface area contributed by atoms with Crippen LogP contribution in [0.15, 0.2) is 24.3 Å². The molecule has 0 radical (unpaired) electrons. The Bertz CT molecular complexity index is 860. The Labute approximate surface area is 144 Å². The number of benzene rings is 2. The predicted octanol–water partition coefficient (Wildman–Crippen LogP) is 4.49.